The second-order valence-electron chi connectivity index (χ2n) is 6.37. The van der Waals surface area contributed by atoms with Gasteiger partial charge in [-0.15, -0.1) is 0 Å². The topological polar surface area (TPSA) is 64.0 Å². The largest absolute Gasteiger partial charge is 0.276 e. The quantitative estimate of drug-likeness (QED) is 0.376. The third-order valence-electron chi connectivity index (χ3n) is 4.32. The molecule has 5 nitrogen and oxygen atoms in total. The molecule has 0 atom stereocenters. The maximum atomic E-state index is 12.9. The van der Waals surface area contributed by atoms with Gasteiger partial charge < -0.3 is 0 Å². The van der Waals surface area contributed by atoms with Gasteiger partial charge in [0.2, 0.25) is 0 Å². The SMILES string of the molecule is O=S(=O)(Nn1nc(-c2ccc(Cl)cc2Cl)cc1-c1ccc(Cl)cc1)c1ccccc1. The molecule has 3 aromatic carbocycles. The van der Waals surface area contributed by atoms with Crippen molar-refractivity contribution in [2.75, 3.05) is 4.83 Å². The van der Waals surface area contributed by atoms with Crippen molar-refractivity contribution in [3.63, 3.8) is 0 Å². The summed E-state index contributed by atoms with van der Waals surface area (Å²) < 4.78 is 25.7. The standard InChI is InChI=1S/C21H14Cl3N3O2S/c22-15-8-6-14(7-9-15)21-13-20(18-11-10-16(23)12-19(18)24)25-27(21)26-30(28,29)17-4-2-1-3-5-17/h1-13,26H. The molecule has 0 unspecified atom stereocenters. The van der Waals surface area contributed by atoms with Crippen LogP contribution in [-0.2, 0) is 10.0 Å². The van der Waals surface area contributed by atoms with E-state index in [-0.39, 0.29) is 4.90 Å². The molecular formula is C21H14Cl3N3O2S. The molecule has 4 rings (SSSR count). The first-order valence-electron chi connectivity index (χ1n) is 8.73. The molecule has 0 fully saturated rings. The van der Waals surface area contributed by atoms with E-state index in [2.05, 4.69) is 9.93 Å². The molecule has 30 heavy (non-hydrogen) atoms. The average Bonchev–Trinajstić information content (AvgIpc) is 3.12. The summed E-state index contributed by atoms with van der Waals surface area (Å²) >= 11 is 18.3. The van der Waals surface area contributed by atoms with E-state index in [4.69, 9.17) is 34.8 Å². The van der Waals surface area contributed by atoms with Gasteiger partial charge in [-0.3, -0.25) is 0 Å². The zero-order chi connectivity index (χ0) is 21.3. The van der Waals surface area contributed by atoms with Crippen LogP contribution in [0, 0.1) is 0 Å². The van der Waals surface area contributed by atoms with Gasteiger partial charge in [-0.1, -0.05) is 65.1 Å². The summed E-state index contributed by atoms with van der Waals surface area (Å²) in [4.78, 5) is 3.85. The van der Waals surface area contributed by atoms with Crippen LogP contribution in [0.3, 0.4) is 0 Å². The number of benzene rings is 3. The Hall–Kier alpha value is -2.51. The van der Waals surface area contributed by atoms with Gasteiger partial charge >= 0.3 is 0 Å². The molecule has 0 amide bonds. The van der Waals surface area contributed by atoms with Crippen molar-refractivity contribution in [2.45, 2.75) is 4.90 Å². The highest BCUT2D eigenvalue weighted by molar-refractivity contribution is 7.92. The predicted octanol–water partition coefficient (Wildman–Crippen LogP) is 6.11. The van der Waals surface area contributed by atoms with Crippen molar-refractivity contribution in [1.29, 1.82) is 0 Å². The van der Waals surface area contributed by atoms with Gasteiger partial charge in [0.1, 0.15) is 0 Å². The molecule has 1 N–H and O–H groups in total. The van der Waals surface area contributed by atoms with Crippen LogP contribution >= 0.6 is 34.8 Å². The number of halogens is 3. The Balaban J connectivity index is 1.83. The van der Waals surface area contributed by atoms with Crippen molar-refractivity contribution in [3.05, 3.63) is 93.9 Å². The van der Waals surface area contributed by atoms with Gasteiger partial charge in [0.15, 0.2) is 0 Å². The number of hydrogen-bond donors (Lipinski definition) is 1. The van der Waals surface area contributed by atoms with Gasteiger partial charge in [0.05, 0.1) is 21.3 Å². The lowest BCUT2D eigenvalue weighted by Gasteiger charge is -2.11. The molecule has 1 heterocycles. The van der Waals surface area contributed by atoms with E-state index in [0.717, 1.165) is 5.56 Å². The van der Waals surface area contributed by atoms with Gasteiger partial charge in [0, 0.05) is 21.2 Å². The first kappa shape index (κ1) is 20.8. The predicted molar refractivity (Wildman–Crippen MR) is 121 cm³/mol. The molecule has 0 aliphatic carbocycles. The van der Waals surface area contributed by atoms with Crippen LogP contribution in [0.25, 0.3) is 22.5 Å². The number of sulfonamides is 1. The van der Waals surface area contributed by atoms with Crippen molar-refractivity contribution < 1.29 is 8.42 Å². The molecule has 0 saturated heterocycles. The molecule has 152 valence electrons. The molecule has 1 aromatic heterocycles. The summed E-state index contributed by atoms with van der Waals surface area (Å²) in [5.41, 5.74) is 2.34. The van der Waals surface area contributed by atoms with Crippen LogP contribution in [0.2, 0.25) is 15.1 Å². The Morgan fingerprint density at radius 1 is 0.800 bits per heavy atom. The molecule has 4 aromatic rings. The van der Waals surface area contributed by atoms with E-state index in [1.807, 2.05) is 0 Å². The van der Waals surface area contributed by atoms with E-state index < -0.39 is 10.0 Å². The van der Waals surface area contributed by atoms with Gasteiger partial charge in [-0.05, 0) is 48.5 Å². The Bertz CT molecular complexity index is 1310. The van der Waals surface area contributed by atoms with Crippen molar-refractivity contribution in [3.8, 4) is 22.5 Å². The third kappa shape index (κ3) is 4.32. The molecule has 0 saturated carbocycles. The third-order valence-corrected chi connectivity index (χ3v) is 6.42. The van der Waals surface area contributed by atoms with Crippen LogP contribution in [-0.4, -0.2) is 18.3 Å². The fourth-order valence-corrected chi connectivity index (χ4v) is 4.49. The van der Waals surface area contributed by atoms with Crippen LogP contribution in [0.15, 0.2) is 83.8 Å². The average molecular weight is 479 g/mol. The van der Waals surface area contributed by atoms with Crippen LogP contribution in [0.5, 0.6) is 0 Å². The highest BCUT2D eigenvalue weighted by Gasteiger charge is 2.19. The molecule has 0 radical (unpaired) electrons. The monoisotopic (exact) mass is 477 g/mol. The van der Waals surface area contributed by atoms with E-state index >= 15 is 0 Å². The fourth-order valence-electron chi connectivity index (χ4n) is 2.87. The fraction of sp³-hybridized carbons (Fsp3) is 0. The van der Waals surface area contributed by atoms with E-state index in [9.17, 15) is 8.42 Å². The smallest absolute Gasteiger partial charge is 0.200 e. The maximum absolute atomic E-state index is 12.9. The summed E-state index contributed by atoms with van der Waals surface area (Å²) in [6.07, 6.45) is 0. The minimum absolute atomic E-state index is 0.119. The maximum Gasteiger partial charge on any atom is 0.276 e. The van der Waals surface area contributed by atoms with Gasteiger partial charge in [-0.2, -0.15) is 23.1 Å². The number of hydrogen-bond acceptors (Lipinski definition) is 3. The minimum atomic E-state index is -3.87. The first-order valence-corrected chi connectivity index (χ1v) is 11.3. The second-order valence-corrected chi connectivity index (χ2v) is 9.31. The Morgan fingerprint density at radius 2 is 1.47 bits per heavy atom. The minimum Gasteiger partial charge on any atom is -0.200 e. The molecule has 0 aliphatic heterocycles. The number of nitrogens with zero attached hydrogens (tertiary/aromatic N) is 2. The zero-order valence-electron chi connectivity index (χ0n) is 15.3. The lowest BCUT2D eigenvalue weighted by Crippen LogP contribution is -2.25. The number of aromatic nitrogens is 2. The summed E-state index contributed by atoms with van der Waals surface area (Å²) in [5, 5.41) is 5.91. The van der Waals surface area contributed by atoms with Crippen LogP contribution in [0.4, 0.5) is 0 Å². The first-order chi connectivity index (χ1) is 14.3. The number of rotatable bonds is 5. The van der Waals surface area contributed by atoms with Crippen molar-refractivity contribution in [2.24, 2.45) is 0 Å². The number of nitrogens with one attached hydrogen (secondary N) is 1. The Kier molecular flexibility index (Phi) is 5.75. The van der Waals surface area contributed by atoms with E-state index in [1.54, 1.807) is 66.7 Å². The summed E-state index contributed by atoms with van der Waals surface area (Å²) in [6.45, 7) is 0. The van der Waals surface area contributed by atoms with Crippen LogP contribution < -0.4 is 4.83 Å². The van der Waals surface area contributed by atoms with Crippen LogP contribution in [0.1, 0.15) is 0 Å². The molecule has 9 heteroatoms. The van der Waals surface area contributed by atoms with E-state index in [1.165, 1.54) is 16.9 Å². The molecule has 0 bridgehead atoms. The summed E-state index contributed by atoms with van der Waals surface area (Å²) in [6, 6.07) is 21.8. The highest BCUT2D eigenvalue weighted by atomic mass is 35.5. The van der Waals surface area contributed by atoms with E-state index in [0.29, 0.717) is 32.0 Å². The second kappa shape index (κ2) is 8.32. The van der Waals surface area contributed by atoms with Crippen molar-refractivity contribution >= 4 is 44.8 Å². The zero-order valence-corrected chi connectivity index (χ0v) is 18.3. The highest BCUT2D eigenvalue weighted by Crippen LogP contribution is 2.32. The normalized spacial score (nSPS) is 11.4. The summed E-state index contributed by atoms with van der Waals surface area (Å²) in [7, 11) is -3.87. The molecule has 0 spiro atoms. The lowest BCUT2D eigenvalue weighted by molar-refractivity contribution is 0.592. The lowest BCUT2D eigenvalue weighted by atomic mass is 10.1. The van der Waals surface area contributed by atoms with Gasteiger partial charge in [-0.25, -0.2) is 0 Å². The molecular weight excluding hydrogens is 465 g/mol. The Labute approximate surface area is 188 Å². The molecule has 0 aliphatic rings. The Morgan fingerprint density at radius 3 is 2.13 bits per heavy atom. The van der Waals surface area contributed by atoms with Gasteiger partial charge in [0.25, 0.3) is 10.0 Å². The van der Waals surface area contributed by atoms with Crippen molar-refractivity contribution in [1.82, 2.24) is 9.89 Å². The summed E-state index contributed by atoms with van der Waals surface area (Å²) in [5.74, 6) is 0.